The molecule has 0 atom stereocenters. The highest BCUT2D eigenvalue weighted by Gasteiger charge is 2.16. The molecule has 0 unspecified atom stereocenters. The van der Waals surface area contributed by atoms with Crippen molar-refractivity contribution in [1.29, 1.82) is 0 Å². The third-order valence-electron chi connectivity index (χ3n) is 3.74. The maximum absolute atomic E-state index is 6.34. The van der Waals surface area contributed by atoms with E-state index in [9.17, 15) is 0 Å². The lowest BCUT2D eigenvalue weighted by Crippen LogP contribution is -2.05. The molecule has 0 saturated carbocycles. The van der Waals surface area contributed by atoms with Crippen molar-refractivity contribution in [1.82, 2.24) is 9.97 Å². The lowest BCUT2D eigenvalue weighted by Gasteiger charge is -2.10. The first-order valence-electron chi connectivity index (χ1n) is 7.01. The highest BCUT2D eigenvalue weighted by Crippen LogP contribution is 2.26. The Hall–Kier alpha value is -1.12. The van der Waals surface area contributed by atoms with E-state index in [2.05, 4.69) is 4.98 Å². The second-order valence-corrected chi connectivity index (χ2v) is 5.95. The van der Waals surface area contributed by atoms with Gasteiger partial charge in [-0.05, 0) is 37.3 Å². The van der Waals surface area contributed by atoms with Crippen molar-refractivity contribution in [2.45, 2.75) is 38.5 Å². The van der Waals surface area contributed by atoms with Gasteiger partial charge in [0.25, 0.3) is 0 Å². The van der Waals surface area contributed by atoms with E-state index in [-0.39, 0.29) is 0 Å². The highest BCUT2D eigenvalue weighted by molar-refractivity contribution is 6.31. The van der Waals surface area contributed by atoms with Gasteiger partial charge in [0.05, 0.1) is 0 Å². The number of benzene rings is 1. The number of nitrogens with zero attached hydrogens (tertiary/aromatic N) is 2. The van der Waals surface area contributed by atoms with E-state index in [4.69, 9.17) is 28.2 Å². The molecular weight excluding hydrogens is 291 g/mol. The molecule has 0 aliphatic heterocycles. The Morgan fingerprint density at radius 3 is 2.60 bits per heavy atom. The first-order valence-corrected chi connectivity index (χ1v) is 7.77. The highest BCUT2D eigenvalue weighted by atomic mass is 35.5. The zero-order valence-corrected chi connectivity index (χ0v) is 12.7. The molecule has 0 saturated heterocycles. The Kier molecular flexibility index (Phi) is 4.23. The normalized spacial score (nSPS) is 14.7. The van der Waals surface area contributed by atoms with Gasteiger partial charge < -0.3 is 0 Å². The van der Waals surface area contributed by atoms with Crippen LogP contribution in [0.4, 0.5) is 0 Å². The molecule has 1 aliphatic carbocycles. The van der Waals surface area contributed by atoms with E-state index < -0.39 is 0 Å². The van der Waals surface area contributed by atoms with Gasteiger partial charge in [0.1, 0.15) is 11.0 Å². The summed E-state index contributed by atoms with van der Waals surface area (Å²) in [4.78, 5) is 9.18. The summed E-state index contributed by atoms with van der Waals surface area (Å²) in [5, 5.41) is 1.38. The van der Waals surface area contributed by atoms with Gasteiger partial charge in [-0.3, -0.25) is 0 Å². The van der Waals surface area contributed by atoms with E-state index in [1.54, 1.807) is 0 Å². The second kappa shape index (κ2) is 6.11. The Morgan fingerprint density at radius 1 is 0.950 bits per heavy atom. The summed E-state index contributed by atoms with van der Waals surface area (Å²) in [6.07, 6.45) is 6.25. The van der Waals surface area contributed by atoms with E-state index >= 15 is 0 Å². The van der Waals surface area contributed by atoms with E-state index in [1.807, 2.05) is 24.3 Å². The van der Waals surface area contributed by atoms with Gasteiger partial charge in [0, 0.05) is 22.7 Å². The van der Waals surface area contributed by atoms with Gasteiger partial charge in [-0.1, -0.05) is 47.8 Å². The largest absolute Gasteiger partial charge is 0.237 e. The van der Waals surface area contributed by atoms with Crippen molar-refractivity contribution in [3.05, 3.63) is 57.1 Å². The van der Waals surface area contributed by atoms with Crippen molar-refractivity contribution in [3.63, 3.8) is 0 Å². The van der Waals surface area contributed by atoms with Crippen LogP contribution in [0.5, 0.6) is 0 Å². The van der Waals surface area contributed by atoms with Gasteiger partial charge in [-0.25, -0.2) is 9.97 Å². The molecule has 0 fully saturated rings. The standard InChI is InChI=1S/C16H16Cl2N2/c17-13-8-5-4-6-11(13)10-15-19-14-9-3-1-2-7-12(14)16(18)20-15/h4-6,8H,1-3,7,9-10H2. The lowest BCUT2D eigenvalue weighted by atomic mass is 10.1. The van der Waals surface area contributed by atoms with E-state index in [1.165, 1.54) is 19.3 Å². The van der Waals surface area contributed by atoms with Crippen molar-refractivity contribution >= 4 is 23.2 Å². The average Bonchev–Trinajstić information content (AvgIpc) is 2.67. The molecule has 0 N–H and O–H groups in total. The van der Waals surface area contributed by atoms with Crippen LogP contribution in [0, 0.1) is 0 Å². The summed E-state index contributed by atoms with van der Waals surface area (Å²) >= 11 is 12.5. The number of aryl methyl sites for hydroxylation is 1. The van der Waals surface area contributed by atoms with Crippen LogP contribution in [0.2, 0.25) is 10.2 Å². The van der Waals surface area contributed by atoms with Crippen LogP contribution >= 0.6 is 23.2 Å². The molecule has 0 radical (unpaired) electrons. The fourth-order valence-corrected chi connectivity index (χ4v) is 3.17. The van der Waals surface area contributed by atoms with Crippen LogP contribution in [0.1, 0.15) is 41.9 Å². The third-order valence-corrected chi connectivity index (χ3v) is 4.42. The maximum Gasteiger partial charge on any atom is 0.136 e. The summed E-state index contributed by atoms with van der Waals surface area (Å²) in [6, 6.07) is 7.80. The van der Waals surface area contributed by atoms with Crippen LogP contribution in [0.15, 0.2) is 24.3 Å². The van der Waals surface area contributed by atoms with E-state index in [0.29, 0.717) is 11.6 Å². The molecule has 3 rings (SSSR count). The number of aromatic nitrogens is 2. The van der Waals surface area contributed by atoms with Gasteiger partial charge in [0.15, 0.2) is 0 Å². The van der Waals surface area contributed by atoms with Crippen molar-refractivity contribution in [2.75, 3.05) is 0 Å². The molecule has 1 heterocycles. The summed E-state index contributed by atoms with van der Waals surface area (Å²) in [7, 11) is 0. The summed E-state index contributed by atoms with van der Waals surface area (Å²) in [5.74, 6) is 0.767. The number of fused-ring (bicyclic) bond motifs is 1. The average molecular weight is 307 g/mol. The zero-order chi connectivity index (χ0) is 13.9. The van der Waals surface area contributed by atoms with E-state index in [0.717, 1.165) is 40.5 Å². The van der Waals surface area contributed by atoms with Crippen molar-refractivity contribution in [2.24, 2.45) is 0 Å². The maximum atomic E-state index is 6.34. The Balaban J connectivity index is 1.93. The molecular formula is C16H16Cl2N2. The molecule has 0 amide bonds. The smallest absolute Gasteiger partial charge is 0.136 e. The fourth-order valence-electron chi connectivity index (χ4n) is 2.66. The second-order valence-electron chi connectivity index (χ2n) is 5.18. The van der Waals surface area contributed by atoms with Crippen LogP contribution in [-0.2, 0) is 19.3 Å². The minimum absolute atomic E-state index is 0.624. The summed E-state index contributed by atoms with van der Waals surface area (Å²) in [5.41, 5.74) is 3.32. The number of hydrogen-bond donors (Lipinski definition) is 0. The monoisotopic (exact) mass is 306 g/mol. The SMILES string of the molecule is Clc1ccccc1Cc1nc(Cl)c2c(n1)CCCCC2. The first-order chi connectivity index (χ1) is 9.74. The van der Waals surface area contributed by atoms with Crippen molar-refractivity contribution in [3.8, 4) is 0 Å². The topological polar surface area (TPSA) is 25.8 Å². The Labute approximate surface area is 129 Å². The molecule has 1 aliphatic rings. The number of hydrogen-bond acceptors (Lipinski definition) is 2. The lowest BCUT2D eigenvalue weighted by molar-refractivity contribution is 0.708. The van der Waals surface area contributed by atoms with Crippen LogP contribution in [-0.4, -0.2) is 9.97 Å². The minimum atomic E-state index is 0.624. The van der Waals surface area contributed by atoms with Gasteiger partial charge >= 0.3 is 0 Å². The predicted octanol–water partition coefficient (Wildman–Crippen LogP) is 4.64. The molecule has 0 spiro atoms. The van der Waals surface area contributed by atoms with Crippen LogP contribution in [0.25, 0.3) is 0 Å². The Bertz CT molecular complexity index is 626. The van der Waals surface area contributed by atoms with Gasteiger partial charge in [0.2, 0.25) is 0 Å². The zero-order valence-electron chi connectivity index (χ0n) is 11.2. The molecule has 1 aromatic carbocycles. The number of halogens is 2. The molecule has 0 bridgehead atoms. The van der Waals surface area contributed by atoms with Gasteiger partial charge in [-0.15, -0.1) is 0 Å². The molecule has 2 nitrogen and oxygen atoms in total. The van der Waals surface area contributed by atoms with Crippen molar-refractivity contribution < 1.29 is 0 Å². The number of rotatable bonds is 2. The first kappa shape index (κ1) is 13.8. The molecule has 1 aromatic heterocycles. The minimum Gasteiger partial charge on any atom is -0.237 e. The quantitative estimate of drug-likeness (QED) is 0.596. The molecule has 2 aromatic rings. The fraction of sp³-hybridized carbons (Fsp3) is 0.375. The summed E-state index contributed by atoms with van der Waals surface area (Å²) < 4.78 is 0. The molecule has 4 heteroatoms. The predicted molar refractivity (Wildman–Crippen MR) is 82.6 cm³/mol. The molecule has 20 heavy (non-hydrogen) atoms. The Morgan fingerprint density at radius 2 is 1.75 bits per heavy atom. The summed E-state index contributed by atoms with van der Waals surface area (Å²) in [6.45, 7) is 0. The van der Waals surface area contributed by atoms with Crippen LogP contribution in [0.3, 0.4) is 0 Å². The van der Waals surface area contributed by atoms with Crippen LogP contribution < -0.4 is 0 Å². The molecule has 104 valence electrons. The van der Waals surface area contributed by atoms with Gasteiger partial charge in [-0.2, -0.15) is 0 Å². The third kappa shape index (κ3) is 2.97.